The van der Waals surface area contributed by atoms with Gasteiger partial charge in [-0.3, -0.25) is 4.90 Å². The predicted octanol–water partition coefficient (Wildman–Crippen LogP) is 1.92. The molecule has 0 aromatic rings. The molecule has 17 heavy (non-hydrogen) atoms. The summed E-state index contributed by atoms with van der Waals surface area (Å²) in [6.45, 7) is 13.6. The molecule has 1 heterocycles. The molecule has 2 N–H and O–H groups in total. The van der Waals surface area contributed by atoms with Gasteiger partial charge in [0.1, 0.15) is 0 Å². The van der Waals surface area contributed by atoms with Crippen molar-refractivity contribution in [2.75, 3.05) is 39.3 Å². The standard InChI is InChI=1S/C14H31N3/c1-4-7-10-17(6-3)14(13-15)8-11-16(5-2)12-9-14/h4-13,15H2,1-3H3. The molecule has 0 amide bonds. The highest BCUT2D eigenvalue weighted by Gasteiger charge is 2.37. The maximum atomic E-state index is 6.11. The molecule has 0 aliphatic carbocycles. The van der Waals surface area contributed by atoms with E-state index in [0.717, 1.165) is 13.1 Å². The smallest absolute Gasteiger partial charge is 0.0355 e. The maximum Gasteiger partial charge on any atom is 0.0355 e. The SMILES string of the molecule is CCCCN(CC)C1(CN)CCN(CC)CC1. The second-order valence-corrected chi connectivity index (χ2v) is 5.30. The van der Waals surface area contributed by atoms with Crippen LogP contribution in [-0.4, -0.2) is 54.6 Å². The van der Waals surface area contributed by atoms with E-state index in [0.29, 0.717) is 0 Å². The number of likely N-dealkylation sites (tertiary alicyclic amines) is 1. The summed E-state index contributed by atoms with van der Waals surface area (Å²) in [6.07, 6.45) is 5.06. The Balaban J connectivity index is 2.60. The number of hydrogen-bond donors (Lipinski definition) is 1. The number of piperidine rings is 1. The van der Waals surface area contributed by atoms with Gasteiger partial charge in [-0.15, -0.1) is 0 Å². The Labute approximate surface area is 107 Å². The third kappa shape index (κ3) is 3.67. The van der Waals surface area contributed by atoms with E-state index in [2.05, 4.69) is 30.6 Å². The largest absolute Gasteiger partial charge is 0.329 e. The van der Waals surface area contributed by atoms with Crippen LogP contribution in [0.2, 0.25) is 0 Å². The number of hydrogen-bond acceptors (Lipinski definition) is 3. The van der Waals surface area contributed by atoms with Crippen LogP contribution >= 0.6 is 0 Å². The molecule has 1 aliphatic heterocycles. The van der Waals surface area contributed by atoms with Crippen molar-refractivity contribution in [3.05, 3.63) is 0 Å². The van der Waals surface area contributed by atoms with E-state index in [4.69, 9.17) is 5.73 Å². The minimum absolute atomic E-state index is 0.287. The zero-order valence-electron chi connectivity index (χ0n) is 12.0. The lowest BCUT2D eigenvalue weighted by Gasteiger charge is -2.48. The Morgan fingerprint density at radius 2 is 1.82 bits per heavy atom. The fraction of sp³-hybridized carbons (Fsp3) is 1.00. The Kier molecular flexibility index (Phi) is 6.45. The topological polar surface area (TPSA) is 32.5 Å². The summed E-state index contributed by atoms with van der Waals surface area (Å²) >= 11 is 0. The van der Waals surface area contributed by atoms with Crippen LogP contribution in [0.1, 0.15) is 46.5 Å². The van der Waals surface area contributed by atoms with Crippen molar-refractivity contribution >= 4 is 0 Å². The fourth-order valence-corrected chi connectivity index (χ4v) is 3.01. The molecule has 0 radical (unpaired) electrons. The maximum absolute atomic E-state index is 6.11. The van der Waals surface area contributed by atoms with E-state index in [1.165, 1.54) is 51.9 Å². The third-order valence-electron chi connectivity index (χ3n) is 4.45. The van der Waals surface area contributed by atoms with Gasteiger partial charge in [0, 0.05) is 12.1 Å². The van der Waals surface area contributed by atoms with Crippen molar-refractivity contribution in [1.29, 1.82) is 0 Å². The summed E-state index contributed by atoms with van der Waals surface area (Å²) < 4.78 is 0. The normalized spacial score (nSPS) is 21.0. The van der Waals surface area contributed by atoms with Crippen molar-refractivity contribution in [3.63, 3.8) is 0 Å². The zero-order valence-corrected chi connectivity index (χ0v) is 12.0. The first-order valence-corrected chi connectivity index (χ1v) is 7.39. The number of unbranched alkanes of at least 4 members (excludes halogenated alkanes) is 1. The van der Waals surface area contributed by atoms with Crippen LogP contribution in [0, 0.1) is 0 Å². The van der Waals surface area contributed by atoms with Gasteiger partial charge in [0.25, 0.3) is 0 Å². The lowest BCUT2D eigenvalue weighted by molar-refractivity contribution is 0.0308. The molecule has 0 aromatic carbocycles. The van der Waals surface area contributed by atoms with Crippen molar-refractivity contribution in [1.82, 2.24) is 9.80 Å². The summed E-state index contributed by atoms with van der Waals surface area (Å²) in [5.74, 6) is 0. The van der Waals surface area contributed by atoms with E-state index in [9.17, 15) is 0 Å². The van der Waals surface area contributed by atoms with Crippen molar-refractivity contribution < 1.29 is 0 Å². The molecule has 0 aromatic heterocycles. The summed E-state index contributed by atoms with van der Waals surface area (Å²) in [7, 11) is 0. The first-order chi connectivity index (χ1) is 8.22. The summed E-state index contributed by atoms with van der Waals surface area (Å²) in [5, 5.41) is 0. The van der Waals surface area contributed by atoms with E-state index in [-0.39, 0.29) is 5.54 Å². The second-order valence-electron chi connectivity index (χ2n) is 5.30. The van der Waals surface area contributed by atoms with Crippen molar-refractivity contribution in [2.24, 2.45) is 5.73 Å². The van der Waals surface area contributed by atoms with Crippen LogP contribution in [0.15, 0.2) is 0 Å². The average Bonchev–Trinajstić information content (AvgIpc) is 2.40. The Hall–Kier alpha value is -0.120. The number of rotatable bonds is 7. The highest BCUT2D eigenvalue weighted by atomic mass is 15.2. The van der Waals surface area contributed by atoms with Crippen LogP contribution in [0.25, 0.3) is 0 Å². The molecular formula is C14H31N3. The van der Waals surface area contributed by atoms with Gasteiger partial charge in [0.05, 0.1) is 0 Å². The summed E-state index contributed by atoms with van der Waals surface area (Å²) in [4.78, 5) is 5.19. The van der Waals surface area contributed by atoms with Crippen LogP contribution < -0.4 is 5.73 Å². The molecule has 0 spiro atoms. The molecular weight excluding hydrogens is 210 g/mol. The minimum Gasteiger partial charge on any atom is -0.329 e. The van der Waals surface area contributed by atoms with Gasteiger partial charge in [-0.1, -0.05) is 27.2 Å². The van der Waals surface area contributed by atoms with E-state index >= 15 is 0 Å². The molecule has 0 unspecified atom stereocenters. The lowest BCUT2D eigenvalue weighted by atomic mass is 9.85. The first-order valence-electron chi connectivity index (χ1n) is 7.39. The number of nitrogens with zero attached hydrogens (tertiary/aromatic N) is 2. The van der Waals surface area contributed by atoms with E-state index in [1.54, 1.807) is 0 Å². The molecule has 3 heteroatoms. The van der Waals surface area contributed by atoms with Gasteiger partial charge in [0.15, 0.2) is 0 Å². The third-order valence-corrected chi connectivity index (χ3v) is 4.45. The highest BCUT2D eigenvalue weighted by molar-refractivity contribution is 4.95. The fourth-order valence-electron chi connectivity index (χ4n) is 3.01. The molecule has 0 atom stereocenters. The van der Waals surface area contributed by atoms with E-state index < -0.39 is 0 Å². The van der Waals surface area contributed by atoms with Crippen molar-refractivity contribution in [3.8, 4) is 0 Å². The van der Waals surface area contributed by atoms with Crippen LogP contribution in [0.3, 0.4) is 0 Å². The summed E-state index contributed by atoms with van der Waals surface area (Å²) in [6, 6.07) is 0. The van der Waals surface area contributed by atoms with Crippen LogP contribution in [0.4, 0.5) is 0 Å². The molecule has 1 saturated heterocycles. The van der Waals surface area contributed by atoms with E-state index in [1.807, 2.05) is 0 Å². The van der Waals surface area contributed by atoms with Gasteiger partial charge < -0.3 is 10.6 Å². The molecule has 1 fully saturated rings. The van der Waals surface area contributed by atoms with Gasteiger partial charge in [0.2, 0.25) is 0 Å². The molecule has 102 valence electrons. The molecule has 1 rings (SSSR count). The minimum atomic E-state index is 0.287. The average molecular weight is 241 g/mol. The molecule has 3 nitrogen and oxygen atoms in total. The Morgan fingerprint density at radius 1 is 1.18 bits per heavy atom. The molecule has 1 aliphatic rings. The van der Waals surface area contributed by atoms with Crippen molar-refractivity contribution in [2.45, 2.75) is 52.0 Å². The van der Waals surface area contributed by atoms with Gasteiger partial charge in [-0.05, 0) is 52.0 Å². The van der Waals surface area contributed by atoms with Crippen LogP contribution in [-0.2, 0) is 0 Å². The Bertz CT molecular complexity index is 198. The predicted molar refractivity (Wildman–Crippen MR) is 75.3 cm³/mol. The monoisotopic (exact) mass is 241 g/mol. The number of nitrogens with two attached hydrogens (primary N) is 1. The first kappa shape index (κ1) is 14.9. The lowest BCUT2D eigenvalue weighted by Crippen LogP contribution is -2.59. The van der Waals surface area contributed by atoms with Crippen LogP contribution in [0.5, 0.6) is 0 Å². The molecule has 0 saturated carbocycles. The summed E-state index contributed by atoms with van der Waals surface area (Å²) in [5.41, 5.74) is 6.40. The molecule has 0 bridgehead atoms. The number of likely N-dealkylation sites (N-methyl/N-ethyl adjacent to an activating group) is 1. The van der Waals surface area contributed by atoms with Gasteiger partial charge in [-0.25, -0.2) is 0 Å². The Morgan fingerprint density at radius 3 is 2.24 bits per heavy atom. The van der Waals surface area contributed by atoms with Gasteiger partial charge in [-0.2, -0.15) is 0 Å². The second kappa shape index (κ2) is 7.34. The quantitative estimate of drug-likeness (QED) is 0.739. The van der Waals surface area contributed by atoms with Gasteiger partial charge >= 0.3 is 0 Å². The highest BCUT2D eigenvalue weighted by Crippen LogP contribution is 2.28. The zero-order chi connectivity index (χ0) is 12.7.